The number of likely N-dealkylation sites (N-methyl/N-ethyl adjacent to an activating group) is 1. The highest BCUT2D eigenvalue weighted by atomic mass is 32.2. The summed E-state index contributed by atoms with van der Waals surface area (Å²) in [6.45, 7) is 0.541. The predicted molar refractivity (Wildman–Crippen MR) is 38.0 cm³/mol. The maximum Gasteiger partial charge on any atom is 0.205 e. The molecule has 1 rings (SSSR count). The summed E-state index contributed by atoms with van der Waals surface area (Å²) in [7, 11) is 1.88. The molecule has 1 fully saturated rings. The van der Waals surface area contributed by atoms with Crippen LogP contribution in [-0.2, 0) is 4.79 Å². The number of thioether (sulfide) groups is 1. The monoisotopic (exact) mass is 149 g/mol. The molecular formula is C4H7NOS2. The first-order chi connectivity index (χ1) is 3.70. The van der Waals surface area contributed by atoms with E-state index in [1.54, 1.807) is 0 Å². The van der Waals surface area contributed by atoms with Gasteiger partial charge in [0.1, 0.15) is 4.71 Å². The molecule has 0 aromatic rings. The minimum Gasteiger partial charge on any atom is -0.286 e. The zero-order chi connectivity index (χ0) is 6.15. The lowest BCUT2D eigenvalue weighted by Crippen LogP contribution is -2.18. The maximum atomic E-state index is 10.5. The minimum absolute atomic E-state index is 0.0856. The molecule has 2 nitrogen and oxygen atoms in total. The van der Waals surface area contributed by atoms with Gasteiger partial charge in [0.25, 0.3) is 0 Å². The first kappa shape index (κ1) is 6.45. The summed E-state index contributed by atoms with van der Waals surface area (Å²) in [6, 6.07) is 0. The number of rotatable bonds is 0. The standard InChI is InChI=1S/C4H7NOS2/c1-5-2-3(6)8-4(5)7/h4,7H,2H2,1H3. The van der Waals surface area contributed by atoms with Gasteiger partial charge in [0.15, 0.2) is 0 Å². The van der Waals surface area contributed by atoms with Crippen LogP contribution in [0, 0.1) is 0 Å². The largest absolute Gasteiger partial charge is 0.286 e. The fourth-order valence-electron chi connectivity index (χ4n) is 0.527. The molecule has 0 aromatic carbocycles. The smallest absolute Gasteiger partial charge is 0.205 e. The molecular weight excluding hydrogens is 142 g/mol. The van der Waals surface area contributed by atoms with Gasteiger partial charge < -0.3 is 0 Å². The Balaban J connectivity index is 2.51. The fraction of sp³-hybridized carbons (Fsp3) is 0.750. The lowest BCUT2D eigenvalue weighted by molar-refractivity contribution is -0.110. The van der Waals surface area contributed by atoms with Gasteiger partial charge in [-0.05, 0) is 7.05 Å². The molecule has 1 saturated heterocycles. The van der Waals surface area contributed by atoms with Crippen LogP contribution in [0.4, 0.5) is 0 Å². The van der Waals surface area contributed by atoms with Gasteiger partial charge in [-0.3, -0.25) is 9.69 Å². The Morgan fingerprint density at radius 2 is 2.62 bits per heavy atom. The van der Waals surface area contributed by atoms with E-state index in [1.807, 2.05) is 11.9 Å². The Labute approximate surface area is 58.0 Å². The second-order valence-corrected chi connectivity index (χ2v) is 3.71. The zero-order valence-corrected chi connectivity index (χ0v) is 6.21. The normalized spacial score (nSPS) is 31.8. The number of hydrogen-bond acceptors (Lipinski definition) is 4. The third-order valence-corrected chi connectivity index (χ3v) is 2.67. The number of carbonyl (C=O) groups excluding carboxylic acids is 1. The van der Waals surface area contributed by atoms with E-state index in [2.05, 4.69) is 12.6 Å². The van der Waals surface area contributed by atoms with Crippen LogP contribution in [0.15, 0.2) is 0 Å². The molecule has 0 aromatic heterocycles. The van der Waals surface area contributed by atoms with Crippen molar-refractivity contribution in [1.82, 2.24) is 4.90 Å². The number of nitrogens with zero attached hydrogens (tertiary/aromatic N) is 1. The minimum atomic E-state index is 0.0856. The Kier molecular flexibility index (Phi) is 1.84. The molecule has 1 unspecified atom stereocenters. The molecule has 0 bridgehead atoms. The van der Waals surface area contributed by atoms with E-state index in [4.69, 9.17) is 0 Å². The molecule has 1 aliphatic rings. The summed E-state index contributed by atoms with van der Waals surface area (Å²) in [5.74, 6) is 0. The molecule has 1 heterocycles. The van der Waals surface area contributed by atoms with Gasteiger partial charge >= 0.3 is 0 Å². The first-order valence-electron chi connectivity index (χ1n) is 2.28. The van der Waals surface area contributed by atoms with Crippen LogP contribution in [0.5, 0.6) is 0 Å². The lowest BCUT2D eigenvalue weighted by Gasteiger charge is -2.08. The molecule has 1 atom stereocenters. The quantitative estimate of drug-likeness (QED) is 0.504. The summed E-state index contributed by atoms with van der Waals surface area (Å²) >= 11 is 5.39. The summed E-state index contributed by atoms with van der Waals surface area (Å²) in [4.78, 5) is 12.4. The fourth-order valence-corrected chi connectivity index (χ4v) is 1.73. The van der Waals surface area contributed by atoms with Gasteiger partial charge in [0.05, 0.1) is 6.54 Å². The molecule has 0 spiro atoms. The van der Waals surface area contributed by atoms with Crippen molar-refractivity contribution < 1.29 is 4.79 Å². The number of hydrogen-bond donors (Lipinski definition) is 1. The van der Waals surface area contributed by atoms with Crippen molar-refractivity contribution in [3.05, 3.63) is 0 Å². The predicted octanol–water partition coefficient (Wildman–Crippen LogP) is 0.405. The van der Waals surface area contributed by atoms with Crippen molar-refractivity contribution in [2.75, 3.05) is 13.6 Å². The van der Waals surface area contributed by atoms with Gasteiger partial charge in [-0.2, -0.15) is 0 Å². The molecule has 46 valence electrons. The van der Waals surface area contributed by atoms with Crippen LogP contribution in [0.2, 0.25) is 0 Å². The Morgan fingerprint density at radius 3 is 2.75 bits per heavy atom. The van der Waals surface area contributed by atoms with Crippen molar-refractivity contribution in [2.45, 2.75) is 4.71 Å². The van der Waals surface area contributed by atoms with E-state index in [0.29, 0.717) is 6.54 Å². The van der Waals surface area contributed by atoms with Crippen LogP contribution >= 0.6 is 24.4 Å². The zero-order valence-electron chi connectivity index (χ0n) is 4.50. The Morgan fingerprint density at radius 1 is 2.00 bits per heavy atom. The average molecular weight is 149 g/mol. The van der Waals surface area contributed by atoms with Crippen molar-refractivity contribution in [1.29, 1.82) is 0 Å². The van der Waals surface area contributed by atoms with Crippen LogP contribution in [0.3, 0.4) is 0 Å². The highest BCUT2D eigenvalue weighted by Crippen LogP contribution is 2.25. The van der Waals surface area contributed by atoms with Crippen LogP contribution in [0.25, 0.3) is 0 Å². The van der Waals surface area contributed by atoms with E-state index in [-0.39, 0.29) is 9.82 Å². The second kappa shape index (κ2) is 2.29. The summed E-state index contributed by atoms with van der Waals surface area (Å²) < 4.78 is 0.0856. The number of thiol groups is 1. The average Bonchev–Trinajstić information content (AvgIpc) is 1.85. The summed E-state index contributed by atoms with van der Waals surface area (Å²) in [5, 5.41) is 0.215. The molecule has 0 saturated carbocycles. The van der Waals surface area contributed by atoms with Gasteiger partial charge in [-0.15, -0.1) is 12.6 Å². The summed E-state index contributed by atoms with van der Waals surface area (Å²) in [5.41, 5.74) is 0. The Hall–Kier alpha value is 0.330. The third-order valence-electron chi connectivity index (χ3n) is 0.992. The second-order valence-electron chi connectivity index (χ2n) is 1.73. The molecule has 4 heteroatoms. The van der Waals surface area contributed by atoms with Gasteiger partial charge in [-0.25, -0.2) is 0 Å². The van der Waals surface area contributed by atoms with Crippen molar-refractivity contribution >= 4 is 29.5 Å². The molecule has 0 radical (unpaired) electrons. The van der Waals surface area contributed by atoms with E-state index in [1.165, 1.54) is 11.8 Å². The van der Waals surface area contributed by atoms with Crippen LogP contribution in [-0.4, -0.2) is 28.3 Å². The van der Waals surface area contributed by atoms with E-state index in [0.717, 1.165) is 0 Å². The molecule has 8 heavy (non-hydrogen) atoms. The topological polar surface area (TPSA) is 20.3 Å². The number of carbonyl (C=O) groups is 1. The first-order valence-corrected chi connectivity index (χ1v) is 3.67. The van der Waals surface area contributed by atoms with E-state index < -0.39 is 0 Å². The van der Waals surface area contributed by atoms with E-state index >= 15 is 0 Å². The van der Waals surface area contributed by atoms with E-state index in [9.17, 15) is 4.79 Å². The SMILES string of the molecule is CN1CC(=O)SC1S. The van der Waals surface area contributed by atoms with Crippen molar-refractivity contribution in [3.63, 3.8) is 0 Å². The van der Waals surface area contributed by atoms with Gasteiger partial charge in [0.2, 0.25) is 5.12 Å². The van der Waals surface area contributed by atoms with Crippen LogP contribution < -0.4 is 0 Å². The maximum absolute atomic E-state index is 10.5. The lowest BCUT2D eigenvalue weighted by atomic mass is 10.7. The third kappa shape index (κ3) is 1.18. The highest BCUT2D eigenvalue weighted by Gasteiger charge is 2.24. The van der Waals surface area contributed by atoms with Crippen LogP contribution in [0.1, 0.15) is 0 Å². The molecule has 0 amide bonds. The Bertz CT molecular complexity index is 105. The van der Waals surface area contributed by atoms with Gasteiger partial charge in [0, 0.05) is 0 Å². The van der Waals surface area contributed by atoms with Crippen molar-refractivity contribution in [3.8, 4) is 0 Å². The molecule has 0 aliphatic carbocycles. The highest BCUT2D eigenvalue weighted by molar-refractivity contribution is 8.21. The van der Waals surface area contributed by atoms with Gasteiger partial charge in [-0.1, -0.05) is 11.8 Å². The molecule has 0 N–H and O–H groups in total. The van der Waals surface area contributed by atoms with Crippen molar-refractivity contribution in [2.24, 2.45) is 0 Å². The summed E-state index contributed by atoms with van der Waals surface area (Å²) in [6.07, 6.45) is 0. The molecule has 1 aliphatic heterocycles.